The lowest BCUT2D eigenvalue weighted by Gasteiger charge is -2.35. The smallest absolute Gasteiger partial charge is 0.411 e. The fourth-order valence-corrected chi connectivity index (χ4v) is 3.89. The van der Waals surface area contributed by atoms with Crippen molar-refractivity contribution in [3.63, 3.8) is 0 Å². The third kappa shape index (κ3) is 3.79. The number of carbonyl (C=O) groups is 3. The van der Waals surface area contributed by atoms with Gasteiger partial charge in [-0.1, -0.05) is 13.8 Å². The molecule has 0 aliphatic carbocycles. The number of aliphatic hydroxyl groups is 1. The SMILES string of the molecule is CC(C)CC(C(=O)O)N1C(=O)[C@]2(CCCN2C(=O)OC(C)(C)C)C[C@@H]1O. The van der Waals surface area contributed by atoms with Gasteiger partial charge in [0, 0.05) is 13.0 Å². The number of likely N-dealkylation sites (tertiary alicyclic amines) is 2. The van der Waals surface area contributed by atoms with Crippen molar-refractivity contribution in [3.05, 3.63) is 0 Å². The third-order valence-electron chi connectivity index (χ3n) is 4.89. The molecule has 0 aromatic heterocycles. The molecule has 0 saturated carbocycles. The number of carboxylic acid groups (broad SMARTS) is 1. The van der Waals surface area contributed by atoms with Crippen molar-refractivity contribution in [2.24, 2.45) is 5.92 Å². The van der Waals surface area contributed by atoms with Gasteiger partial charge in [0.05, 0.1) is 0 Å². The summed E-state index contributed by atoms with van der Waals surface area (Å²) in [6.07, 6.45) is -0.591. The van der Waals surface area contributed by atoms with Crippen LogP contribution >= 0.6 is 0 Å². The number of nitrogens with zero attached hydrogens (tertiary/aromatic N) is 2. The summed E-state index contributed by atoms with van der Waals surface area (Å²) in [5.41, 5.74) is -1.92. The molecule has 2 rings (SSSR count). The van der Waals surface area contributed by atoms with Gasteiger partial charge in [-0.05, 0) is 46.0 Å². The Labute approximate surface area is 154 Å². The lowest BCUT2D eigenvalue weighted by molar-refractivity contribution is -0.157. The average molecular weight is 370 g/mol. The van der Waals surface area contributed by atoms with E-state index in [-0.39, 0.29) is 18.8 Å². The van der Waals surface area contributed by atoms with E-state index >= 15 is 0 Å². The largest absolute Gasteiger partial charge is 0.480 e. The van der Waals surface area contributed by atoms with Gasteiger partial charge in [-0.3, -0.25) is 9.69 Å². The Balaban J connectivity index is 2.31. The molecule has 8 heteroatoms. The molecule has 148 valence electrons. The monoisotopic (exact) mass is 370 g/mol. The maximum absolute atomic E-state index is 13.2. The van der Waals surface area contributed by atoms with Crippen molar-refractivity contribution in [1.82, 2.24) is 9.80 Å². The van der Waals surface area contributed by atoms with Crippen LogP contribution in [0.3, 0.4) is 0 Å². The van der Waals surface area contributed by atoms with Gasteiger partial charge >= 0.3 is 12.1 Å². The minimum atomic E-state index is -1.23. The van der Waals surface area contributed by atoms with Crippen molar-refractivity contribution in [1.29, 1.82) is 0 Å². The Hall–Kier alpha value is -1.83. The first kappa shape index (κ1) is 20.5. The highest BCUT2D eigenvalue weighted by Gasteiger charge is 2.61. The van der Waals surface area contributed by atoms with Gasteiger partial charge in [0.1, 0.15) is 23.4 Å². The maximum Gasteiger partial charge on any atom is 0.411 e. The summed E-state index contributed by atoms with van der Waals surface area (Å²) in [4.78, 5) is 39.9. The molecule has 2 aliphatic rings. The van der Waals surface area contributed by atoms with Crippen LogP contribution < -0.4 is 0 Å². The average Bonchev–Trinajstić information content (AvgIpc) is 2.98. The fraction of sp³-hybridized carbons (Fsp3) is 0.833. The van der Waals surface area contributed by atoms with Gasteiger partial charge in [0.2, 0.25) is 0 Å². The lowest BCUT2D eigenvalue weighted by atomic mass is 9.94. The fourth-order valence-electron chi connectivity index (χ4n) is 3.89. The zero-order chi connectivity index (χ0) is 19.9. The zero-order valence-electron chi connectivity index (χ0n) is 16.2. The molecule has 2 amide bonds. The van der Waals surface area contributed by atoms with Crippen LogP contribution in [-0.2, 0) is 14.3 Å². The summed E-state index contributed by atoms with van der Waals surface area (Å²) in [6.45, 7) is 9.31. The first-order chi connectivity index (χ1) is 11.9. The van der Waals surface area contributed by atoms with Gasteiger partial charge in [-0.25, -0.2) is 9.59 Å². The van der Waals surface area contributed by atoms with Crippen LogP contribution in [-0.4, -0.2) is 67.9 Å². The molecule has 0 bridgehead atoms. The number of amides is 2. The normalized spacial score (nSPS) is 27.5. The molecule has 8 nitrogen and oxygen atoms in total. The van der Waals surface area contributed by atoms with Crippen LogP contribution in [0.15, 0.2) is 0 Å². The molecule has 1 spiro atoms. The molecule has 0 aromatic carbocycles. The quantitative estimate of drug-likeness (QED) is 0.781. The molecule has 0 radical (unpaired) electrons. The van der Waals surface area contributed by atoms with Crippen molar-refractivity contribution >= 4 is 18.0 Å². The van der Waals surface area contributed by atoms with E-state index in [0.717, 1.165) is 4.90 Å². The molecular formula is C18H30N2O6. The summed E-state index contributed by atoms with van der Waals surface area (Å²) in [7, 11) is 0. The van der Waals surface area contributed by atoms with Crippen molar-refractivity contribution in [2.45, 2.75) is 83.7 Å². The summed E-state index contributed by atoms with van der Waals surface area (Å²) < 4.78 is 5.42. The second-order valence-corrected chi connectivity index (χ2v) is 8.65. The van der Waals surface area contributed by atoms with E-state index in [2.05, 4.69) is 0 Å². The van der Waals surface area contributed by atoms with Crippen LogP contribution in [0.1, 0.15) is 60.3 Å². The Bertz CT molecular complexity index is 585. The topological polar surface area (TPSA) is 107 Å². The number of rotatable bonds is 4. The molecule has 2 aliphatic heterocycles. The van der Waals surface area contributed by atoms with Crippen molar-refractivity contribution in [2.75, 3.05) is 6.54 Å². The third-order valence-corrected chi connectivity index (χ3v) is 4.89. The minimum absolute atomic E-state index is 0.00690. The van der Waals surface area contributed by atoms with E-state index in [1.54, 1.807) is 20.8 Å². The first-order valence-electron chi connectivity index (χ1n) is 9.13. The number of hydrogen-bond donors (Lipinski definition) is 2. The molecule has 2 saturated heterocycles. The van der Waals surface area contributed by atoms with E-state index in [1.165, 1.54) is 4.90 Å². The number of hydrogen-bond acceptors (Lipinski definition) is 5. The zero-order valence-corrected chi connectivity index (χ0v) is 16.2. The van der Waals surface area contributed by atoms with E-state index in [0.29, 0.717) is 19.4 Å². The van der Waals surface area contributed by atoms with Crippen LogP contribution in [0.25, 0.3) is 0 Å². The first-order valence-corrected chi connectivity index (χ1v) is 9.13. The highest BCUT2D eigenvalue weighted by molar-refractivity contribution is 5.95. The maximum atomic E-state index is 13.2. The highest BCUT2D eigenvalue weighted by atomic mass is 16.6. The van der Waals surface area contributed by atoms with E-state index < -0.39 is 41.4 Å². The molecule has 3 atom stereocenters. The Morgan fingerprint density at radius 3 is 2.46 bits per heavy atom. The summed E-state index contributed by atoms with van der Waals surface area (Å²) in [5, 5.41) is 20.1. The second kappa shape index (κ2) is 7.06. The molecular weight excluding hydrogens is 340 g/mol. The molecule has 26 heavy (non-hydrogen) atoms. The molecule has 2 N–H and O–H groups in total. The highest BCUT2D eigenvalue weighted by Crippen LogP contribution is 2.43. The number of aliphatic hydroxyl groups excluding tert-OH is 1. The standard InChI is InChI=1S/C18H30N2O6/c1-11(2)9-12(14(22)23)20-13(21)10-18(15(20)24)7-6-8-19(18)16(25)26-17(3,4)5/h11-13,21H,6-10H2,1-5H3,(H,22,23)/t12?,13-,18-/m0/s1. The van der Waals surface area contributed by atoms with Crippen molar-refractivity contribution in [3.8, 4) is 0 Å². The molecule has 0 aromatic rings. The van der Waals surface area contributed by atoms with E-state index in [9.17, 15) is 24.6 Å². The van der Waals surface area contributed by atoms with Gasteiger partial charge in [-0.2, -0.15) is 0 Å². The van der Waals surface area contributed by atoms with Gasteiger partial charge < -0.3 is 19.8 Å². The Morgan fingerprint density at radius 1 is 1.35 bits per heavy atom. The summed E-state index contributed by atoms with van der Waals surface area (Å²) >= 11 is 0. The summed E-state index contributed by atoms with van der Waals surface area (Å²) in [6, 6.07) is -1.11. The Kier molecular flexibility index (Phi) is 5.56. The molecule has 2 heterocycles. The number of carboxylic acids is 1. The van der Waals surface area contributed by atoms with Crippen LogP contribution in [0.5, 0.6) is 0 Å². The van der Waals surface area contributed by atoms with Crippen LogP contribution in [0.2, 0.25) is 0 Å². The van der Waals surface area contributed by atoms with Gasteiger partial charge in [0.25, 0.3) is 5.91 Å². The number of carbonyl (C=O) groups excluding carboxylic acids is 2. The minimum Gasteiger partial charge on any atom is -0.480 e. The van der Waals surface area contributed by atoms with E-state index in [4.69, 9.17) is 4.74 Å². The van der Waals surface area contributed by atoms with E-state index in [1.807, 2.05) is 13.8 Å². The summed E-state index contributed by atoms with van der Waals surface area (Å²) in [5.74, 6) is -1.61. The number of aliphatic carboxylic acids is 1. The lowest BCUT2D eigenvalue weighted by Crippen LogP contribution is -2.56. The molecule has 1 unspecified atom stereocenters. The van der Waals surface area contributed by atoms with Crippen LogP contribution in [0, 0.1) is 5.92 Å². The van der Waals surface area contributed by atoms with Gasteiger partial charge in [-0.15, -0.1) is 0 Å². The second-order valence-electron chi connectivity index (χ2n) is 8.65. The number of ether oxygens (including phenoxy) is 1. The Morgan fingerprint density at radius 2 is 1.96 bits per heavy atom. The van der Waals surface area contributed by atoms with Crippen LogP contribution in [0.4, 0.5) is 4.79 Å². The predicted octanol–water partition coefficient (Wildman–Crippen LogP) is 1.81. The van der Waals surface area contributed by atoms with Crippen molar-refractivity contribution < 1.29 is 29.3 Å². The molecule has 2 fully saturated rings. The van der Waals surface area contributed by atoms with Gasteiger partial charge in [0.15, 0.2) is 0 Å². The predicted molar refractivity (Wildman–Crippen MR) is 93.3 cm³/mol.